The highest BCUT2D eigenvalue weighted by Gasteiger charge is 2.72. The summed E-state index contributed by atoms with van der Waals surface area (Å²) in [6, 6.07) is 20.2. The summed E-state index contributed by atoms with van der Waals surface area (Å²) >= 11 is 12.8. The van der Waals surface area contributed by atoms with Crippen LogP contribution < -0.4 is 26.6 Å². The summed E-state index contributed by atoms with van der Waals surface area (Å²) in [5.41, 5.74) is 2.43. The van der Waals surface area contributed by atoms with E-state index < -0.39 is 46.6 Å². The third-order valence-electron chi connectivity index (χ3n) is 14.0. The maximum Gasteiger partial charge on any atom is 0.255 e. The fraction of sp³-hybridized carbons (Fsp3) is 0.400. The van der Waals surface area contributed by atoms with Gasteiger partial charge in [0.1, 0.15) is 17.3 Å². The van der Waals surface area contributed by atoms with Crippen LogP contribution in [-0.4, -0.2) is 90.9 Å². The topological polar surface area (TPSA) is 184 Å². The van der Waals surface area contributed by atoms with E-state index in [4.69, 9.17) is 32.7 Å². The van der Waals surface area contributed by atoms with Gasteiger partial charge in [-0.15, -0.1) is 0 Å². The molecular formula is C50H51Cl2FN6O8. The maximum absolute atomic E-state index is 16.2. The first kappa shape index (κ1) is 46.4. The standard InChI is InChI=1S/C50H51Cl2FN6O8/c51-31-14-17-36-38(27-31)56-48(65)50(36)41(34-10-5-11-37(52)42(34)53)43(58-49(50)20-2-1-3-21-49)46(63)55-32-15-12-30(13-16-32)44(61)54-22-24-67-26-25-66-23-6-8-29-7-4-9-33-35(29)28-59(47(33)64)39-18-19-40(60)57-45(39)62/h4-5,7,9-17,27,39,41,43,58H,1-3,6,8,18-26,28H2,(H,54,61)(H,55,63)(H,56,65)(H,57,60,62)/t39?,41-,43+,50+/m0/s1. The second-order valence-electron chi connectivity index (χ2n) is 17.8. The summed E-state index contributed by atoms with van der Waals surface area (Å²) in [7, 11) is 0. The van der Waals surface area contributed by atoms with E-state index in [0.29, 0.717) is 91.6 Å². The van der Waals surface area contributed by atoms with Crippen LogP contribution in [0.5, 0.6) is 0 Å². The van der Waals surface area contributed by atoms with Crippen LogP contribution in [-0.2, 0) is 47.0 Å². The average Bonchev–Trinajstić information content (AvgIpc) is 3.91. The second-order valence-corrected chi connectivity index (χ2v) is 18.7. The number of carbonyl (C=O) groups is 6. The Kier molecular flexibility index (Phi) is 13.5. The number of nitrogens with one attached hydrogen (secondary N) is 5. The van der Waals surface area contributed by atoms with Crippen molar-refractivity contribution in [3.8, 4) is 0 Å². The summed E-state index contributed by atoms with van der Waals surface area (Å²) in [4.78, 5) is 80.8. The van der Waals surface area contributed by atoms with Crippen molar-refractivity contribution in [2.75, 3.05) is 43.6 Å². The highest BCUT2D eigenvalue weighted by Crippen LogP contribution is 2.63. The number of benzene rings is 4. The Bertz CT molecular complexity index is 2630. The summed E-state index contributed by atoms with van der Waals surface area (Å²) in [5.74, 6) is -3.72. The van der Waals surface area contributed by atoms with Crippen molar-refractivity contribution < 1.29 is 42.6 Å². The van der Waals surface area contributed by atoms with Crippen molar-refractivity contribution in [2.45, 2.75) is 93.3 Å². The predicted octanol–water partition coefficient (Wildman–Crippen LogP) is 6.58. The number of ether oxygens (including phenoxy) is 2. The van der Waals surface area contributed by atoms with E-state index in [1.807, 2.05) is 18.2 Å². The SMILES string of the molecule is O=C1CCC(N2Cc3c(CCCOCCOCCNC(=O)c4ccc(NC(=O)[C@@H]5NC6(CCCCC6)[C@@]6(C(=O)Nc7cc(Cl)ccc76)[C@H]5c5cccc(Cl)c5F)cc4)cccc3C2=O)C(=O)N1. The molecule has 17 heteroatoms. The predicted molar refractivity (Wildman–Crippen MR) is 249 cm³/mol. The van der Waals surface area contributed by atoms with Gasteiger partial charge < -0.3 is 30.3 Å². The van der Waals surface area contributed by atoms with Gasteiger partial charge in [-0.2, -0.15) is 0 Å². The number of carbonyl (C=O) groups excluding carboxylic acids is 6. The van der Waals surface area contributed by atoms with Crippen molar-refractivity contribution in [1.29, 1.82) is 0 Å². The van der Waals surface area contributed by atoms with E-state index in [1.54, 1.807) is 59.5 Å². The highest BCUT2D eigenvalue weighted by atomic mass is 35.5. The molecule has 350 valence electrons. The first-order valence-corrected chi connectivity index (χ1v) is 23.6. The van der Waals surface area contributed by atoms with Crippen LogP contribution in [0.3, 0.4) is 0 Å². The largest absolute Gasteiger partial charge is 0.379 e. The smallest absolute Gasteiger partial charge is 0.255 e. The van der Waals surface area contributed by atoms with Gasteiger partial charge >= 0.3 is 0 Å². The maximum atomic E-state index is 16.2. The van der Waals surface area contributed by atoms with E-state index >= 15 is 4.39 Å². The van der Waals surface area contributed by atoms with E-state index in [9.17, 15) is 28.8 Å². The normalized spacial score (nSPS) is 22.7. The molecule has 1 saturated carbocycles. The lowest BCUT2D eigenvalue weighted by molar-refractivity contribution is -0.137. The van der Waals surface area contributed by atoms with Crippen molar-refractivity contribution >= 4 is 70.0 Å². The number of halogens is 3. The van der Waals surface area contributed by atoms with Gasteiger partial charge in [-0.05, 0) is 103 Å². The molecule has 14 nitrogen and oxygen atoms in total. The van der Waals surface area contributed by atoms with Crippen LogP contribution in [0, 0.1) is 5.82 Å². The van der Waals surface area contributed by atoms with Gasteiger partial charge in [-0.1, -0.05) is 72.8 Å². The summed E-state index contributed by atoms with van der Waals surface area (Å²) < 4.78 is 27.7. The Morgan fingerprint density at radius 2 is 1.63 bits per heavy atom. The number of imide groups is 1. The van der Waals surface area contributed by atoms with Crippen LogP contribution >= 0.6 is 23.2 Å². The fourth-order valence-corrected chi connectivity index (χ4v) is 11.4. The van der Waals surface area contributed by atoms with Crippen molar-refractivity contribution in [3.05, 3.63) is 128 Å². The first-order valence-electron chi connectivity index (χ1n) is 22.8. The number of nitrogens with zero attached hydrogens (tertiary/aromatic N) is 1. The van der Waals surface area contributed by atoms with Gasteiger partial charge in [0.05, 0.1) is 30.9 Å². The Labute approximate surface area is 397 Å². The zero-order valence-corrected chi connectivity index (χ0v) is 38.2. The lowest BCUT2D eigenvalue weighted by Crippen LogP contribution is -2.60. The molecule has 5 aliphatic rings. The van der Waals surface area contributed by atoms with Crippen molar-refractivity contribution in [2.24, 2.45) is 0 Å². The second kappa shape index (κ2) is 19.5. The third-order valence-corrected chi connectivity index (χ3v) is 14.6. The molecule has 4 aromatic rings. The molecule has 4 atom stereocenters. The Hall–Kier alpha value is -5.71. The molecule has 5 N–H and O–H groups in total. The van der Waals surface area contributed by atoms with Crippen LogP contribution in [0.25, 0.3) is 0 Å². The number of rotatable bonds is 15. The average molecular weight is 954 g/mol. The van der Waals surface area contributed by atoms with Crippen LogP contribution in [0.1, 0.15) is 100 Å². The van der Waals surface area contributed by atoms with Crippen LogP contribution in [0.2, 0.25) is 10.0 Å². The number of aryl methyl sites for hydroxylation is 1. The summed E-state index contributed by atoms with van der Waals surface area (Å²) in [6.45, 7) is 2.02. The lowest BCUT2D eigenvalue weighted by atomic mass is 9.55. The minimum Gasteiger partial charge on any atom is -0.379 e. The molecular weight excluding hydrogens is 902 g/mol. The molecule has 4 heterocycles. The zero-order valence-electron chi connectivity index (χ0n) is 36.7. The number of piperidine rings is 1. The minimum atomic E-state index is -1.36. The molecule has 4 aromatic carbocycles. The molecule has 2 saturated heterocycles. The van der Waals surface area contributed by atoms with Crippen LogP contribution in [0.4, 0.5) is 15.8 Å². The molecule has 6 amide bonds. The molecule has 0 bridgehead atoms. The molecule has 3 fully saturated rings. The third kappa shape index (κ3) is 8.72. The lowest BCUT2D eigenvalue weighted by Gasteiger charge is -2.47. The fourth-order valence-electron chi connectivity index (χ4n) is 11.1. The van der Waals surface area contributed by atoms with Crippen molar-refractivity contribution in [1.82, 2.24) is 20.9 Å². The van der Waals surface area contributed by atoms with E-state index in [2.05, 4.69) is 26.6 Å². The number of amides is 6. The van der Waals surface area contributed by atoms with Gasteiger partial charge in [0, 0.05) is 65.1 Å². The Balaban J connectivity index is 0.752. The summed E-state index contributed by atoms with van der Waals surface area (Å²) in [5, 5.41) is 15.1. The molecule has 4 aliphatic heterocycles. The number of hydrogen-bond acceptors (Lipinski definition) is 9. The van der Waals surface area contributed by atoms with E-state index in [0.717, 1.165) is 30.4 Å². The quantitative estimate of drug-likeness (QED) is 0.0650. The molecule has 0 radical (unpaired) electrons. The van der Waals surface area contributed by atoms with Gasteiger partial charge in [-0.25, -0.2) is 4.39 Å². The number of hydrogen-bond donors (Lipinski definition) is 5. The molecule has 0 aromatic heterocycles. The van der Waals surface area contributed by atoms with Gasteiger partial charge in [0.25, 0.3) is 11.8 Å². The highest BCUT2D eigenvalue weighted by molar-refractivity contribution is 6.31. The van der Waals surface area contributed by atoms with E-state index in [-0.39, 0.29) is 53.8 Å². The monoisotopic (exact) mass is 952 g/mol. The van der Waals surface area contributed by atoms with Crippen LogP contribution in [0.15, 0.2) is 78.9 Å². The molecule has 9 rings (SSSR count). The Morgan fingerprint density at radius 3 is 2.40 bits per heavy atom. The van der Waals surface area contributed by atoms with E-state index in [1.165, 1.54) is 6.07 Å². The molecule has 1 aliphatic carbocycles. The Morgan fingerprint density at radius 1 is 0.866 bits per heavy atom. The molecule has 1 unspecified atom stereocenters. The molecule has 67 heavy (non-hydrogen) atoms. The first-order chi connectivity index (χ1) is 32.4. The van der Waals surface area contributed by atoms with Gasteiger partial charge in [0.2, 0.25) is 23.6 Å². The summed E-state index contributed by atoms with van der Waals surface area (Å²) in [6.07, 6.45) is 5.71. The van der Waals surface area contributed by atoms with Crippen molar-refractivity contribution in [3.63, 3.8) is 0 Å². The van der Waals surface area contributed by atoms with Gasteiger partial charge in [-0.3, -0.25) is 39.4 Å². The zero-order chi connectivity index (χ0) is 46.9. The van der Waals surface area contributed by atoms with Gasteiger partial charge in [0.15, 0.2) is 0 Å². The molecule has 2 spiro atoms. The minimum absolute atomic E-state index is 0.110. The number of anilines is 2. The number of fused-ring (bicyclic) bond motifs is 4.